The number of hydrogen-bond donors (Lipinski definition) is 1. The van der Waals surface area contributed by atoms with Gasteiger partial charge in [-0.1, -0.05) is 11.6 Å². The summed E-state index contributed by atoms with van der Waals surface area (Å²) in [6.45, 7) is 3.15. The molecule has 7 nitrogen and oxygen atoms in total. The van der Waals surface area contributed by atoms with Crippen LogP contribution in [0.1, 0.15) is 37.4 Å². The van der Waals surface area contributed by atoms with Gasteiger partial charge in [-0.25, -0.2) is 23.1 Å². The fourth-order valence-electron chi connectivity index (χ4n) is 4.91. The molecule has 2 saturated carbocycles. The number of hydrogen-bond acceptors (Lipinski definition) is 5. The molecule has 2 aliphatic rings. The monoisotopic (exact) mass is 481 g/mol. The number of carbonyl (C=O) groups excluding carboxylic acids is 2. The molecule has 0 spiro atoms. The highest BCUT2D eigenvalue weighted by Crippen LogP contribution is 2.53. The van der Waals surface area contributed by atoms with E-state index in [1.165, 1.54) is 37.9 Å². The van der Waals surface area contributed by atoms with E-state index in [1.807, 2.05) is 0 Å². The first kappa shape index (κ1) is 23.4. The molecule has 0 aromatic carbocycles. The Hall–Kier alpha value is -2.75. The Morgan fingerprint density at radius 1 is 1.24 bits per heavy atom. The lowest BCUT2D eigenvalue weighted by molar-refractivity contribution is -0.132. The van der Waals surface area contributed by atoms with Crippen LogP contribution in [0.2, 0.25) is 0 Å². The molecule has 2 fully saturated rings. The number of nitrogens with one attached hydrogen (secondary N) is 1. The topological polar surface area (TPSA) is 88.1 Å². The van der Waals surface area contributed by atoms with E-state index in [4.69, 9.17) is 11.6 Å². The van der Waals surface area contributed by atoms with E-state index >= 15 is 0 Å². The third-order valence-corrected chi connectivity index (χ3v) is 6.90. The zero-order chi connectivity index (χ0) is 24.0. The minimum absolute atomic E-state index is 0.131. The van der Waals surface area contributed by atoms with Crippen molar-refractivity contribution in [1.82, 2.24) is 20.3 Å². The maximum atomic E-state index is 14.1. The summed E-state index contributed by atoms with van der Waals surface area (Å²) in [7, 11) is 0. The molecule has 2 amide bonds. The summed E-state index contributed by atoms with van der Waals surface area (Å²) in [5.74, 6) is -5.76. The molecule has 4 rings (SSSR count). The molecule has 0 radical (unpaired) electrons. The molecule has 0 saturated heterocycles. The quantitative estimate of drug-likeness (QED) is 0.638. The van der Waals surface area contributed by atoms with Crippen molar-refractivity contribution in [3.05, 3.63) is 48.3 Å². The summed E-state index contributed by atoms with van der Waals surface area (Å²) in [4.78, 5) is 39.7. The Morgan fingerprint density at radius 3 is 2.45 bits per heavy atom. The normalized spacial score (nSPS) is 25.8. The molecule has 2 aromatic rings. The van der Waals surface area contributed by atoms with Crippen LogP contribution in [-0.2, 0) is 15.1 Å². The maximum absolute atomic E-state index is 14.1. The molecule has 1 N–H and O–H groups in total. The first-order chi connectivity index (χ1) is 15.5. The molecule has 11 heteroatoms. The van der Waals surface area contributed by atoms with Crippen LogP contribution in [0.4, 0.5) is 18.9 Å². The molecule has 0 aliphatic heterocycles. The number of pyridine rings is 1. The van der Waals surface area contributed by atoms with Crippen LogP contribution < -0.4 is 10.2 Å². The van der Waals surface area contributed by atoms with Crippen molar-refractivity contribution in [2.24, 2.45) is 11.8 Å². The van der Waals surface area contributed by atoms with Crippen LogP contribution in [0.25, 0.3) is 0 Å². The summed E-state index contributed by atoms with van der Waals surface area (Å²) in [5, 5.41) is 2.83. The van der Waals surface area contributed by atoms with Gasteiger partial charge < -0.3 is 5.32 Å². The van der Waals surface area contributed by atoms with Crippen LogP contribution in [0, 0.1) is 18.8 Å². The van der Waals surface area contributed by atoms with Crippen molar-refractivity contribution in [1.29, 1.82) is 0 Å². The van der Waals surface area contributed by atoms with Gasteiger partial charge in [0.05, 0.1) is 11.9 Å². The van der Waals surface area contributed by atoms with Crippen LogP contribution in [0.5, 0.6) is 0 Å². The van der Waals surface area contributed by atoms with Crippen molar-refractivity contribution in [2.75, 3.05) is 4.90 Å². The van der Waals surface area contributed by atoms with Gasteiger partial charge in [0, 0.05) is 42.0 Å². The predicted molar refractivity (Wildman–Crippen MR) is 114 cm³/mol. The van der Waals surface area contributed by atoms with E-state index in [1.54, 1.807) is 13.0 Å². The Kier molecular flexibility index (Phi) is 6.07. The van der Waals surface area contributed by atoms with Gasteiger partial charge in [0.1, 0.15) is 6.33 Å². The standard InChI is InChI=1S/C22H23ClF3N5O2/c1-12-3-4-16(10-29-12)31(19(32)18(23)24)21(2,15-8-27-11-28-9-15)20(33)30-17-6-14-5-13(17)7-22(14,25)26/h3-4,8-11,13-14,17-18H,5-7H2,1-2H3,(H,30,33)/t13?,14?,17-,18-,21-/m0/s1. The van der Waals surface area contributed by atoms with Gasteiger partial charge in [-0.15, -0.1) is 0 Å². The minimum atomic E-state index is -2.74. The summed E-state index contributed by atoms with van der Waals surface area (Å²) in [6, 6.07) is 2.64. The largest absolute Gasteiger partial charge is 0.351 e. The van der Waals surface area contributed by atoms with Crippen molar-refractivity contribution >= 4 is 29.1 Å². The smallest absolute Gasteiger partial charge is 0.278 e. The highest BCUT2D eigenvalue weighted by molar-refractivity contribution is 6.32. The van der Waals surface area contributed by atoms with Gasteiger partial charge in [-0.05, 0) is 44.7 Å². The summed E-state index contributed by atoms with van der Waals surface area (Å²) >= 11 is 5.53. The van der Waals surface area contributed by atoms with E-state index in [0.29, 0.717) is 12.1 Å². The first-order valence-corrected chi connectivity index (χ1v) is 11.0. The lowest BCUT2D eigenvalue weighted by atomic mass is 9.87. The number of fused-ring (bicyclic) bond motifs is 2. The molecular weight excluding hydrogens is 459 g/mol. The molecule has 2 aliphatic carbocycles. The maximum Gasteiger partial charge on any atom is 0.278 e. The lowest BCUT2D eigenvalue weighted by Gasteiger charge is -2.41. The van der Waals surface area contributed by atoms with Crippen LogP contribution in [0.3, 0.4) is 0 Å². The number of rotatable bonds is 6. The second kappa shape index (κ2) is 8.55. The van der Waals surface area contributed by atoms with E-state index in [-0.39, 0.29) is 30.0 Å². The molecule has 176 valence electrons. The van der Waals surface area contributed by atoms with E-state index < -0.39 is 40.9 Å². The lowest BCUT2D eigenvalue weighted by Crippen LogP contribution is -2.60. The minimum Gasteiger partial charge on any atom is -0.351 e. The van der Waals surface area contributed by atoms with Crippen molar-refractivity contribution in [3.8, 4) is 0 Å². The zero-order valence-corrected chi connectivity index (χ0v) is 18.8. The van der Waals surface area contributed by atoms with Gasteiger partial charge in [0.25, 0.3) is 23.4 Å². The number of nitrogens with zero attached hydrogens (tertiary/aromatic N) is 4. The summed E-state index contributed by atoms with van der Waals surface area (Å²) < 4.78 is 42.1. The third-order valence-electron chi connectivity index (χ3n) is 6.72. The van der Waals surface area contributed by atoms with Crippen molar-refractivity contribution < 1.29 is 22.8 Å². The molecular formula is C22H23ClF3N5O2. The van der Waals surface area contributed by atoms with Crippen LogP contribution in [-0.4, -0.2) is 44.4 Å². The summed E-state index contributed by atoms with van der Waals surface area (Å²) in [5.41, 5.74) is -3.30. The zero-order valence-electron chi connectivity index (χ0n) is 18.0. The van der Waals surface area contributed by atoms with Gasteiger partial charge >= 0.3 is 0 Å². The van der Waals surface area contributed by atoms with Crippen molar-refractivity contribution in [2.45, 2.75) is 56.2 Å². The fraction of sp³-hybridized carbons (Fsp3) is 0.500. The highest BCUT2D eigenvalue weighted by Gasteiger charge is 2.58. The summed E-state index contributed by atoms with van der Waals surface area (Å²) in [6.07, 6.45) is 5.41. The van der Waals surface area contributed by atoms with Crippen LogP contribution in [0.15, 0.2) is 37.1 Å². The molecule has 5 atom stereocenters. The molecule has 2 bridgehead atoms. The SMILES string of the molecule is Cc1ccc(N(C(=O)[C@H](F)Cl)[C@](C)(C(=O)N[C@H]2CC3CC2CC3(F)F)c2cncnc2)cn1. The number of alkyl halides is 4. The number of anilines is 1. The Labute approximate surface area is 193 Å². The molecule has 2 unspecified atom stereocenters. The second-order valence-corrected chi connectivity index (χ2v) is 9.19. The van der Waals surface area contributed by atoms with E-state index in [2.05, 4.69) is 20.3 Å². The molecule has 33 heavy (non-hydrogen) atoms. The number of halogens is 4. The highest BCUT2D eigenvalue weighted by atomic mass is 35.5. The Balaban J connectivity index is 1.75. The average Bonchev–Trinajstić information content (AvgIpc) is 3.31. The van der Waals surface area contributed by atoms with Gasteiger partial charge in [0.15, 0.2) is 5.54 Å². The van der Waals surface area contributed by atoms with Gasteiger partial charge in [0.2, 0.25) is 0 Å². The molecule has 2 heterocycles. The number of aromatic nitrogens is 3. The van der Waals surface area contributed by atoms with Crippen LogP contribution >= 0.6 is 11.6 Å². The molecule has 2 aromatic heterocycles. The fourth-order valence-corrected chi connectivity index (χ4v) is 5.00. The Morgan fingerprint density at radius 2 is 1.94 bits per heavy atom. The second-order valence-electron chi connectivity index (χ2n) is 8.81. The van der Waals surface area contributed by atoms with Gasteiger partial charge in [-0.2, -0.15) is 0 Å². The number of aryl methyl sites for hydroxylation is 1. The average molecular weight is 482 g/mol. The van der Waals surface area contributed by atoms with E-state index in [0.717, 1.165) is 4.90 Å². The van der Waals surface area contributed by atoms with E-state index in [9.17, 15) is 22.8 Å². The first-order valence-electron chi connectivity index (χ1n) is 10.5. The van der Waals surface area contributed by atoms with Gasteiger partial charge in [-0.3, -0.25) is 19.5 Å². The number of amides is 2. The number of carbonyl (C=O) groups is 2. The predicted octanol–water partition coefficient (Wildman–Crippen LogP) is 3.51. The van der Waals surface area contributed by atoms with Crippen molar-refractivity contribution in [3.63, 3.8) is 0 Å². The third kappa shape index (κ3) is 4.16. The Bertz CT molecular complexity index is 1040.